The van der Waals surface area contributed by atoms with E-state index in [2.05, 4.69) is 48.5 Å². The maximum absolute atomic E-state index is 3.20. The van der Waals surface area contributed by atoms with Crippen molar-refractivity contribution in [3.63, 3.8) is 0 Å². The van der Waals surface area contributed by atoms with E-state index in [1.807, 2.05) is 7.05 Å². The molecule has 0 saturated heterocycles. The number of rotatable bonds is 6. The van der Waals surface area contributed by atoms with E-state index in [1.54, 1.807) is 0 Å². The molecule has 0 aromatic heterocycles. The molecule has 84 valence electrons. The predicted octanol–water partition coefficient (Wildman–Crippen LogP) is 1.90. The molecule has 1 aromatic carbocycles. The highest BCUT2D eigenvalue weighted by molar-refractivity contribution is 5.27. The van der Waals surface area contributed by atoms with Crippen LogP contribution in [0.5, 0.6) is 0 Å². The fraction of sp³-hybridized carbons (Fsp3) is 0.538. The summed E-state index contributed by atoms with van der Waals surface area (Å²) in [5, 5.41) is 3.20. The van der Waals surface area contributed by atoms with Gasteiger partial charge in [-0.2, -0.15) is 0 Å². The number of likely N-dealkylation sites (N-methyl/N-ethyl adjacent to an activating group) is 1. The third-order valence-corrected chi connectivity index (χ3v) is 2.74. The zero-order valence-electron chi connectivity index (χ0n) is 10.1. The molecule has 15 heavy (non-hydrogen) atoms. The van der Waals surface area contributed by atoms with Crippen molar-refractivity contribution >= 4 is 0 Å². The van der Waals surface area contributed by atoms with Crippen LogP contribution in [-0.2, 0) is 13.0 Å². The summed E-state index contributed by atoms with van der Waals surface area (Å²) in [6, 6.07) is 8.72. The van der Waals surface area contributed by atoms with Crippen LogP contribution in [0.2, 0.25) is 0 Å². The number of nitrogens with one attached hydrogen (secondary N) is 1. The van der Waals surface area contributed by atoms with Gasteiger partial charge in [0, 0.05) is 6.54 Å². The first-order valence-corrected chi connectivity index (χ1v) is 5.67. The van der Waals surface area contributed by atoms with E-state index in [9.17, 15) is 0 Å². The Labute approximate surface area is 93.3 Å². The van der Waals surface area contributed by atoms with E-state index in [0.29, 0.717) is 0 Å². The molecular formula is C13H22N2. The summed E-state index contributed by atoms with van der Waals surface area (Å²) in [6.07, 6.45) is 1.12. The van der Waals surface area contributed by atoms with Crippen molar-refractivity contribution in [2.24, 2.45) is 0 Å². The van der Waals surface area contributed by atoms with Gasteiger partial charge in [0.25, 0.3) is 0 Å². The van der Waals surface area contributed by atoms with E-state index in [1.165, 1.54) is 11.1 Å². The van der Waals surface area contributed by atoms with Crippen molar-refractivity contribution in [2.75, 3.05) is 27.2 Å². The van der Waals surface area contributed by atoms with Gasteiger partial charge in [0.1, 0.15) is 0 Å². The van der Waals surface area contributed by atoms with Crippen LogP contribution in [0.25, 0.3) is 0 Å². The Kier molecular flexibility index (Phi) is 5.37. The second-order valence-corrected chi connectivity index (χ2v) is 3.95. The average molecular weight is 206 g/mol. The molecule has 1 rings (SSSR count). The molecule has 0 aliphatic heterocycles. The summed E-state index contributed by atoms with van der Waals surface area (Å²) in [5.74, 6) is 0. The lowest BCUT2D eigenvalue weighted by atomic mass is 10.0. The summed E-state index contributed by atoms with van der Waals surface area (Å²) >= 11 is 0. The van der Waals surface area contributed by atoms with E-state index in [0.717, 1.165) is 26.1 Å². The molecule has 0 amide bonds. The van der Waals surface area contributed by atoms with Gasteiger partial charge in [0.05, 0.1) is 0 Å². The second kappa shape index (κ2) is 6.59. The van der Waals surface area contributed by atoms with Crippen LogP contribution in [0.4, 0.5) is 0 Å². The van der Waals surface area contributed by atoms with Gasteiger partial charge in [-0.3, -0.25) is 0 Å². The topological polar surface area (TPSA) is 15.3 Å². The highest BCUT2D eigenvalue weighted by Gasteiger charge is 2.03. The number of nitrogens with zero attached hydrogens (tertiary/aromatic N) is 1. The summed E-state index contributed by atoms with van der Waals surface area (Å²) in [7, 11) is 4.16. The molecule has 2 nitrogen and oxygen atoms in total. The summed E-state index contributed by atoms with van der Waals surface area (Å²) in [4.78, 5) is 2.33. The van der Waals surface area contributed by atoms with Crippen molar-refractivity contribution in [1.82, 2.24) is 10.2 Å². The molecule has 0 radical (unpaired) electrons. The Morgan fingerprint density at radius 3 is 2.47 bits per heavy atom. The minimum absolute atomic E-state index is 1.05. The maximum Gasteiger partial charge on any atom is 0.0233 e. The van der Waals surface area contributed by atoms with Crippen LogP contribution >= 0.6 is 0 Å². The minimum atomic E-state index is 1.05. The van der Waals surface area contributed by atoms with Gasteiger partial charge >= 0.3 is 0 Å². The largest absolute Gasteiger partial charge is 0.319 e. The Morgan fingerprint density at radius 1 is 1.20 bits per heavy atom. The van der Waals surface area contributed by atoms with Gasteiger partial charge < -0.3 is 10.2 Å². The van der Waals surface area contributed by atoms with E-state index >= 15 is 0 Å². The molecule has 1 aromatic rings. The van der Waals surface area contributed by atoms with Crippen molar-refractivity contribution in [3.05, 3.63) is 35.4 Å². The molecule has 0 atom stereocenters. The van der Waals surface area contributed by atoms with Crippen LogP contribution in [-0.4, -0.2) is 32.1 Å². The first kappa shape index (κ1) is 12.2. The van der Waals surface area contributed by atoms with Crippen LogP contribution < -0.4 is 5.32 Å². The van der Waals surface area contributed by atoms with Gasteiger partial charge in [-0.25, -0.2) is 0 Å². The molecule has 0 spiro atoms. The van der Waals surface area contributed by atoms with Crippen LogP contribution in [0.1, 0.15) is 18.1 Å². The maximum atomic E-state index is 3.20. The Balaban J connectivity index is 2.67. The van der Waals surface area contributed by atoms with Gasteiger partial charge in [0.15, 0.2) is 0 Å². The normalized spacial score (nSPS) is 10.9. The smallest absolute Gasteiger partial charge is 0.0233 e. The highest BCUT2D eigenvalue weighted by Crippen LogP contribution is 2.11. The fourth-order valence-electron chi connectivity index (χ4n) is 1.62. The van der Waals surface area contributed by atoms with Crippen molar-refractivity contribution in [2.45, 2.75) is 19.9 Å². The van der Waals surface area contributed by atoms with E-state index in [4.69, 9.17) is 0 Å². The quantitative estimate of drug-likeness (QED) is 0.765. The predicted molar refractivity (Wildman–Crippen MR) is 66.1 cm³/mol. The van der Waals surface area contributed by atoms with Crippen molar-refractivity contribution in [1.29, 1.82) is 0 Å². The molecule has 0 aliphatic rings. The Morgan fingerprint density at radius 2 is 1.87 bits per heavy atom. The number of hydrogen-bond donors (Lipinski definition) is 1. The van der Waals surface area contributed by atoms with Gasteiger partial charge in [0.2, 0.25) is 0 Å². The zero-order chi connectivity index (χ0) is 11.1. The van der Waals surface area contributed by atoms with Crippen LogP contribution in [0.15, 0.2) is 24.3 Å². The Bertz CT molecular complexity index is 284. The van der Waals surface area contributed by atoms with E-state index in [-0.39, 0.29) is 0 Å². The summed E-state index contributed by atoms with van der Waals surface area (Å²) < 4.78 is 0. The SMILES string of the molecule is CCN(C)Cc1ccccc1CCNC. The standard InChI is InChI=1S/C13H22N2/c1-4-15(3)11-13-8-6-5-7-12(13)9-10-14-2/h5-8,14H,4,9-11H2,1-3H3. The fourth-order valence-corrected chi connectivity index (χ4v) is 1.62. The lowest BCUT2D eigenvalue weighted by molar-refractivity contribution is 0.344. The Hall–Kier alpha value is -0.860. The van der Waals surface area contributed by atoms with Crippen molar-refractivity contribution in [3.8, 4) is 0 Å². The molecule has 0 bridgehead atoms. The first-order valence-electron chi connectivity index (χ1n) is 5.67. The lowest BCUT2D eigenvalue weighted by Crippen LogP contribution is -2.19. The number of hydrogen-bond acceptors (Lipinski definition) is 2. The summed E-state index contributed by atoms with van der Waals surface area (Å²) in [5.41, 5.74) is 2.92. The third kappa shape index (κ3) is 4.02. The molecule has 0 heterocycles. The summed E-state index contributed by atoms with van der Waals surface area (Å²) in [6.45, 7) is 5.39. The van der Waals surface area contributed by atoms with Gasteiger partial charge in [-0.15, -0.1) is 0 Å². The monoisotopic (exact) mass is 206 g/mol. The second-order valence-electron chi connectivity index (χ2n) is 3.95. The van der Waals surface area contributed by atoms with Gasteiger partial charge in [-0.1, -0.05) is 31.2 Å². The molecule has 0 unspecified atom stereocenters. The van der Waals surface area contributed by atoms with Gasteiger partial charge in [-0.05, 0) is 44.7 Å². The molecule has 2 heteroatoms. The van der Waals surface area contributed by atoms with E-state index < -0.39 is 0 Å². The van der Waals surface area contributed by atoms with Crippen molar-refractivity contribution < 1.29 is 0 Å². The molecule has 0 saturated carbocycles. The zero-order valence-corrected chi connectivity index (χ0v) is 10.1. The molecule has 0 aliphatic carbocycles. The van der Waals surface area contributed by atoms with Crippen LogP contribution in [0.3, 0.4) is 0 Å². The van der Waals surface area contributed by atoms with Crippen LogP contribution in [0, 0.1) is 0 Å². The molecular weight excluding hydrogens is 184 g/mol. The molecule has 0 fully saturated rings. The molecule has 1 N–H and O–H groups in total. The average Bonchev–Trinajstić information content (AvgIpc) is 2.28. The minimum Gasteiger partial charge on any atom is -0.319 e. The highest BCUT2D eigenvalue weighted by atomic mass is 15.1. The number of benzene rings is 1. The lowest BCUT2D eigenvalue weighted by Gasteiger charge is -2.16. The third-order valence-electron chi connectivity index (χ3n) is 2.74. The first-order chi connectivity index (χ1) is 7.27.